The number of amides is 1. The van der Waals surface area contributed by atoms with Crippen molar-refractivity contribution in [2.75, 3.05) is 18.0 Å². The zero-order chi connectivity index (χ0) is 15.4. The standard InChI is InChI=1S/C14H20N4O3/c1-3-13(19)16-11-5-4-6-17(9-11)14-10(2)7-12(8-15-14)18(20)21/h7-8,11H,3-6,9H2,1-2H3,(H,16,19)/t11-/m1/s1. The minimum Gasteiger partial charge on any atom is -0.354 e. The summed E-state index contributed by atoms with van der Waals surface area (Å²) in [6, 6.07) is 1.65. The van der Waals surface area contributed by atoms with Crippen LogP contribution in [0.3, 0.4) is 0 Å². The summed E-state index contributed by atoms with van der Waals surface area (Å²) in [5.41, 5.74) is 0.788. The molecule has 7 heteroatoms. The number of aromatic nitrogens is 1. The molecule has 0 aromatic carbocycles. The first-order valence-electron chi connectivity index (χ1n) is 7.16. The maximum Gasteiger partial charge on any atom is 0.287 e. The van der Waals surface area contributed by atoms with Crippen molar-refractivity contribution in [2.45, 2.75) is 39.2 Å². The van der Waals surface area contributed by atoms with Gasteiger partial charge >= 0.3 is 0 Å². The fraction of sp³-hybridized carbons (Fsp3) is 0.571. The van der Waals surface area contributed by atoms with E-state index in [0.29, 0.717) is 13.0 Å². The van der Waals surface area contributed by atoms with Crippen LogP contribution in [0.1, 0.15) is 31.7 Å². The van der Waals surface area contributed by atoms with E-state index >= 15 is 0 Å². The molecule has 1 fully saturated rings. The third-order valence-corrected chi connectivity index (χ3v) is 3.65. The van der Waals surface area contributed by atoms with Crippen molar-refractivity contribution in [1.82, 2.24) is 10.3 Å². The Balaban J connectivity index is 2.10. The monoisotopic (exact) mass is 292 g/mol. The molecule has 1 amide bonds. The molecule has 0 bridgehead atoms. The van der Waals surface area contributed by atoms with E-state index in [1.807, 2.05) is 13.8 Å². The van der Waals surface area contributed by atoms with Gasteiger partial charge in [-0.25, -0.2) is 4.98 Å². The van der Waals surface area contributed by atoms with Gasteiger partial charge < -0.3 is 10.2 Å². The number of rotatable bonds is 4. The van der Waals surface area contributed by atoms with Gasteiger partial charge in [-0.2, -0.15) is 0 Å². The number of nitro groups is 1. The molecule has 1 aliphatic heterocycles. The highest BCUT2D eigenvalue weighted by Gasteiger charge is 2.23. The van der Waals surface area contributed by atoms with Gasteiger partial charge in [0.1, 0.15) is 12.0 Å². The highest BCUT2D eigenvalue weighted by Crippen LogP contribution is 2.24. The average Bonchev–Trinajstić information content (AvgIpc) is 2.47. The molecule has 114 valence electrons. The quantitative estimate of drug-likeness (QED) is 0.675. The molecule has 1 atom stereocenters. The van der Waals surface area contributed by atoms with Gasteiger partial charge in [0.05, 0.1) is 4.92 Å². The zero-order valence-corrected chi connectivity index (χ0v) is 12.3. The summed E-state index contributed by atoms with van der Waals surface area (Å²) in [6.45, 7) is 5.20. The van der Waals surface area contributed by atoms with Crippen LogP contribution in [0.15, 0.2) is 12.3 Å². The van der Waals surface area contributed by atoms with Crippen LogP contribution in [0, 0.1) is 17.0 Å². The van der Waals surface area contributed by atoms with E-state index in [2.05, 4.69) is 15.2 Å². The van der Waals surface area contributed by atoms with Crippen molar-refractivity contribution in [1.29, 1.82) is 0 Å². The normalized spacial score (nSPS) is 18.4. The van der Waals surface area contributed by atoms with Crippen molar-refractivity contribution < 1.29 is 9.72 Å². The van der Waals surface area contributed by atoms with Crippen LogP contribution in [-0.2, 0) is 4.79 Å². The van der Waals surface area contributed by atoms with Crippen molar-refractivity contribution >= 4 is 17.4 Å². The lowest BCUT2D eigenvalue weighted by atomic mass is 10.0. The summed E-state index contributed by atoms with van der Waals surface area (Å²) in [5.74, 6) is 0.811. The third-order valence-electron chi connectivity index (χ3n) is 3.65. The van der Waals surface area contributed by atoms with E-state index in [1.165, 1.54) is 12.3 Å². The summed E-state index contributed by atoms with van der Waals surface area (Å²) in [5, 5.41) is 13.8. The first kappa shape index (κ1) is 15.2. The van der Waals surface area contributed by atoms with Gasteiger partial charge in [-0.15, -0.1) is 0 Å². The molecule has 7 nitrogen and oxygen atoms in total. The summed E-state index contributed by atoms with van der Waals surface area (Å²) >= 11 is 0. The number of hydrogen-bond acceptors (Lipinski definition) is 5. The maximum atomic E-state index is 11.5. The summed E-state index contributed by atoms with van der Waals surface area (Å²) in [7, 11) is 0. The SMILES string of the molecule is CCC(=O)N[C@@H]1CCCN(c2ncc([N+](=O)[O-])cc2C)C1. The number of piperidine rings is 1. The average molecular weight is 292 g/mol. The predicted molar refractivity (Wildman–Crippen MR) is 79.3 cm³/mol. The summed E-state index contributed by atoms with van der Waals surface area (Å²) in [6.07, 6.45) is 3.68. The van der Waals surface area contributed by atoms with E-state index < -0.39 is 4.92 Å². The second-order valence-electron chi connectivity index (χ2n) is 5.30. The molecule has 0 radical (unpaired) electrons. The van der Waals surface area contributed by atoms with Crippen LogP contribution in [0.5, 0.6) is 0 Å². The molecule has 1 saturated heterocycles. The smallest absolute Gasteiger partial charge is 0.287 e. The van der Waals surface area contributed by atoms with Gasteiger partial charge in [0.25, 0.3) is 5.69 Å². The van der Waals surface area contributed by atoms with Gasteiger partial charge in [-0.3, -0.25) is 14.9 Å². The first-order valence-corrected chi connectivity index (χ1v) is 7.16. The number of anilines is 1. The molecular formula is C14H20N4O3. The fourth-order valence-corrected chi connectivity index (χ4v) is 2.60. The number of hydrogen-bond donors (Lipinski definition) is 1. The summed E-state index contributed by atoms with van der Waals surface area (Å²) < 4.78 is 0. The molecule has 0 aliphatic carbocycles. The zero-order valence-electron chi connectivity index (χ0n) is 12.3. The Labute approximate surface area is 123 Å². The summed E-state index contributed by atoms with van der Waals surface area (Å²) in [4.78, 5) is 28.1. The van der Waals surface area contributed by atoms with E-state index in [1.54, 1.807) is 0 Å². The molecule has 0 unspecified atom stereocenters. The Morgan fingerprint density at radius 2 is 2.38 bits per heavy atom. The van der Waals surface area contributed by atoms with E-state index in [0.717, 1.165) is 30.8 Å². The Morgan fingerprint density at radius 1 is 1.62 bits per heavy atom. The Kier molecular flexibility index (Phi) is 4.72. The van der Waals surface area contributed by atoms with Crippen molar-refractivity contribution in [2.24, 2.45) is 0 Å². The molecular weight excluding hydrogens is 272 g/mol. The van der Waals surface area contributed by atoms with E-state index in [9.17, 15) is 14.9 Å². The van der Waals surface area contributed by atoms with Crippen molar-refractivity contribution in [3.63, 3.8) is 0 Å². The van der Waals surface area contributed by atoms with Crippen LogP contribution < -0.4 is 10.2 Å². The van der Waals surface area contributed by atoms with Crippen LogP contribution in [-0.4, -0.2) is 34.9 Å². The number of pyridine rings is 1. The Hall–Kier alpha value is -2.18. The molecule has 1 aromatic heterocycles. The van der Waals surface area contributed by atoms with Gasteiger partial charge in [-0.1, -0.05) is 6.92 Å². The second kappa shape index (κ2) is 6.51. The van der Waals surface area contributed by atoms with E-state index in [4.69, 9.17) is 0 Å². The van der Waals surface area contributed by atoms with Crippen molar-refractivity contribution in [3.8, 4) is 0 Å². The molecule has 2 heterocycles. The first-order chi connectivity index (χ1) is 10.0. The lowest BCUT2D eigenvalue weighted by Crippen LogP contribution is -2.48. The molecule has 0 spiro atoms. The molecule has 1 aromatic rings. The Morgan fingerprint density at radius 3 is 3.00 bits per heavy atom. The number of nitrogens with zero attached hydrogens (tertiary/aromatic N) is 3. The number of aryl methyl sites for hydroxylation is 1. The molecule has 1 N–H and O–H groups in total. The second-order valence-corrected chi connectivity index (χ2v) is 5.30. The number of carbonyl (C=O) groups excluding carboxylic acids is 1. The molecule has 1 aliphatic rings. The van der Waals surface area contributed by atoms with Gasteiger partial charge in [0.15, 0.2) is 0 Å². The van der Waals surface area contributed by atoms with Gasteiger partial charge in [0, 0.05) is 31.6 Å². The lowest BCUT2D eigenvalue weighted by Gasteiger charge is -2.34. The third kappa shape index (κ3) is 3.68. The molecule has 2 rings (SSSR count). The Bertz CT molecular complexity index is 547. The van der Waals surface area contributed by atoms with Crippen molar-refractivity contribution in [3.05, 3.63) is 27.9 Å². The highest BCUT2D eigenvalue weighted by atomic mass is 16.6. The minimum atomic E-state index is -0.440. The van der Waals surface area contributed by atoms with Crippen LogP contribution in [0.4, 0.5) is 11.5 Å². The fourth-order valence-electron chi connectivity index (χ4n) is 2.60. The maximum absolute atomic E-state index is 11.5. The van der Waals surface area contributed by atoms with Gasteiger partial charge in [-0.05, 0) is 25.3 Å². The number of nitrogens with one attached hydrogen (secondary N) is 1. The molecule has 0 saturated carbocycles. The minimum absolute atomic E-state index is 0.00379. The number of carbonyl (C=O) groups is 1. The largest absolute Gasteiger partial charge is 0.354 e. The molecule has 21 heavy (non-hydrogen) atoms. The van der Waals surface area contributed by atoms with Crippen LogP contribution >= 0.6 is 0 Å². The van der Waals surface area contributed by atoms with Gasteiger partial charge in [0.2, 0.25) is 5.91 Å². The lowest BCUT2D eigenvalue weighted by molar-refractivity contribution is -0.385. The van der Waals surface area contributed by atoms with Crippen LogP contribution in [0.2, 0.25) is 0 Å². The highest BCUT2D eigenvalue weighted by molar-refractivity contribution is 5.76. The van der Waals surface area contributed by atoms with E-state index in [-0.39, 0.29) is 17.6 Å². The predicted octanol–water partition coefficient (Wildman–Crippen LogP) is 1.79. The topological polar surface area (TPSA) is 88.4 Å². The van der Waals surface area contributed by atoms with Crippen LogP contribution in [0.25, 0.3) is 0 Å².